The second-order valence-corrected chi connectivity index (χ2v) is 5.20. The maximum absolute atomic E-state index is 12.1. The molecule has 7 nitrogen and oxygen atoms in total. The van der Waals surface area contributed by atoms with Crippen molar-refractivity contribution in [2.45, 2.75) is 0 Å². The van der Waals surface area contributed by atoms with Gasteiger partial charge in [-0.05, 0) is 0 Å². The number of nitrogens with one attached hydrogen (secondary N) is 1. The van der Waals surface area contributed by atoms with E-state index in [0.717, 1.165) is 0 Å². The zero-order valence-corrected chi connectivity index (χ0v) is 11.6. The van der Waals surface area contributed by atoms with Gasteiger partial charge in [0.2, 0.25) is 5.91 Å². The molecule has 2 rings (SSSR count). The van der Waals surface area contributed by atoms with Crippen LogP contribution in [0.15, 0.2) is 5.38 Å². The predicted molar refractivity (Wildman–Crippen MR) is 72.9 cm³/mol. The van der Waals surface area contributed by atoms with Crippen LogP contribution in [0.2, 0.25) is 0 Å². The molecule has 3 N–H and O–H groups in total. The van der Waals surface area contributed by atoms with E-state index in [1.54, 1.807) is 17.3 Å². The van der Waals surface area contributed by atoms with Crippen molar-refractivity contribution in [3.63, 3.8) is 0 Å². The summed E-state index contributed by atoms with van der Waals surface area (Å²) in [6.07, 6.45) is 0. The molecular formula is C11H17N5O2S. The summed E-state index contributed by atoms with van der Waals surface area (Å²) in [5, 5.41) is 4.67. The first-order chi connectivity index (χ1) is 9.10. The maximum Gasteiger partial charge on any atom is 0.273 e. The number of aromatic nitrogens is 1. The Balaban J connectivity index is 1.86. The number of hydrogen-bond donors (Lipinski definition) is 2. The first kappa shape index (κ1) is 13.8. The Kier molecular flexibility index (Phi) is 4.33. The molecule has 2 amide bonds. The van der Waals surface area contributed by atoms with Gasteiger partial charge in [0.15, 0.2) is 5.13 Å². The van der Waals surface area contributed by atoms with Crippen LogP contribution in [-0.4, -0.2) is 66.4 Å². The van der Waals surface area contributed by atoms with Crippen LogP contribution >= 0.6 is 11.3 Å². The van der Waals surface area contributed by atoms with Gasteiger partial charge >= 0.3 is 0 Å². The van der Waals surface area contributed by atoms with Crippen molar-refractivity contribution in [1.82, 2.24) is 20.1 Å². The Morgan fingerprint density at radius 1 is 1.42 bits per heavy atom. The second-order valence-electron chi connectivity index (χ2n) is 4.31. The molecule has 1 aliphatic heterocycles. The summed E-state index contributed by atoms with van der Waals surface area (Å²) in [6.45, 7) is 2.97. The second kappa shape index (κ2) is 5.98. The summed E-state index contributed by atoms with van der Waals surface area (Å²) in [5.74, 6) is -0.0976. The zero-order chi connectivity index (χ0) is 13.8. The van der Waals surface area contributed by atoms with Gasteiger partial charge in [-0.2, -0.15) is 0 Å². The number of carbonyl (C=O) groups excluding carboxylic acids is 2. The first-order valence-corrected chi connectivity index (χ1v) is 6.91. The molecule has 1 saturated heterocycles. The molecule has 0 radical (unpaired) electrons. The van der Waals surface area contributed by atoms with Crippen LogP contribution in [-0.2, 0) is 4.79 Å². The van der Waals surface area contributed by atoms with Crippen molar-refractivity contribution in [3.05, 3.63) is 11.1 Å². The van der Waals surface area contributed by atoms with Gasteiger partial charge < -0.3 is 16.0 Å². The summed E-state index contributed by atoms with van der Waals surface area (Å²) in [7, 11) is 1.62. The van der Waals surface area contributed by atoms with Gasteiger partial charge in [0.05, 0.1) is 6.54 Å². The molecule has 19 heavy (non-hydrogen) atoms. The quantitative estimate of drug-likeness (QED) is 0.760. The molecule has 104 valence electrons. The lowest BCUT2D eigenvalue weighted by Gasteiger charge is -2.33. The highest BCUT2D eigenvalue weighted by Crippen LogP contribution is 2.14. The molecule has 1 aromatic rings. The minimum absolute atomic E-state index is 0.00736. The number of likely N-dealkylation sites (N-methyl/N-ethyl adjacent to an activating group) is 1. The number of piperazine rings is 1. The highest BCUT2D eigenvalue weighted by atomic mass is 32.1. The van der Waals surface area contributed by atoms with Gasteiger partial charge in [-0.15, -0.1) is 11.3 Å². The molecule has 0 unspecified atom stereocenters. The molecule has 1 aliphatic rings. The molecule has 8 heteroatoms. The summed E-state index contributed by atoms with van der Waals surface area (Å²) in [5.41, 5.74) is 5.93. The number of hydrogen-bond acceptors (Lipinski definition) is 6. The number of anilines is 1. The van der Waals surface area contributed by atoms with Gasteiger partial charge in [0, 0.05) is 38.6 Å². The molecule has 0 aliphatic carbocycles. The van der Waals surface area contributed by atoms with Crippen molar-refractivity contribution in [2.75, 3.05) is 45.5 Å². The van der Waals surface area contributed by atoms with E-state index in [1.165, 1.54) is 11.3 Å². The van der Waals surface area contributed by atoms with Crippen LogP contribution in [0.25, 0.3) is 0 Å². The van der Waals surface area contributed by atoms with Crippen LogP contribution in [0.3, 0.4) is 0 Å². The predicted octanol–water partition coefficient (Wildman–Crippen LogP) is -0.771. The highest BCUT2D eigenvalue weighted by Gasteiger charge is 2.24. The molecular weight excluding hydrogens is 266 g/mol. The Hall–Kier alpha value is -1.67. The number of nitrogens with zero attached hydrogens (tertiary/aromatic N) is 3. The number of rotatable bonds is 3. The van der Waals surface area contributed by atoms with E-state index in [4.69, 9.17) is 5.73 Å². The molecule has 0 aromatic carbocycles. The van der Waals surface area contributed by atoms with Crippen molar-refractivity contribution < 1.29 is 9.59 Å². The molecule has 1 fully saturated rings. The molecule has 1 aromatic heterocycles. The van der Waals surface area contributed by atoms with Gasteiger partial charge in [-0.1, -0.05) is 0 Å². The fourth-order valence-electron chi connectivity index (χ4n) is 1.94. The molecule has 0 saturated carbocycles. The fourth-order valence-corrected chi connectivity index (χ4v) is 2.48. The minimum Gasteiger partial charge on any atom is -0.375 e. The van der Waals surface area contributed by atoms with Gasteiger partial charge in [-0.25, -0.2) is 4.98 Å². The molecule has 2 heterocycles. The average Bonchev–Trinajstić information content (AvgIpc) is 2.85. The van der Waals surface area contributed by atoms with E-state index in [1.807, 2.05) is 4.90 Å². The van der Waals surface area contributed by atoms with E-state index in [0.29, 0.717) is 43.5 Å². The van der Waals surface area contributed by atoms with Gasteiger partial charge in [0.1, 0.15) is 5.69 Å². The molecule has 0 atom stereocenters. The van der Waals surface area contributed by atoms with Crippen LogP contribution < -0.4 is 11.1 Å². The number of amides is 2. The Morgan fingerprint density at radius 3 is 2.63 bits per heavy atom. The Labute approximate surface area is 115 Å². The lowest BCUT2D eigenvalue weighted by atomic mass is 10.3. The third kappa shape index (κ3) is 3.42. The van der Waals surface area contributed by atoms with Crippen LogP contribution in [0.1, 0.15) is 10.5 Å². The Morgan fingerprint density at radius 2 is 2.11 bits per heavy atom. The fraction of sp³-hybridized carbons (Fsp3) is 0.545. The lowest BCUT2D eigenvalue weighted by Crippen LogP contribution is -2.50. The van der Waals surface area contributed by atoms with Crippen molar-refractivity contribution in [1.29, 1.82) is 0 Å². The van der Waals surface area contributed by atoms with Crippen LogP contribution in [0.4, 0.5) is 5.13 Å². The van der Waals surface area contributed by atoms with Crippen molar-refractivity contribution in [3.8, 4) is 0 Å². The third-order valence-corrected chi connectivity index (χ3v) is 3.72. The van der Waals surface area contributed by atoms with E-state index in [2.05, 4.69) is 10.3 Å². The normalized spacial score (nSPS) is 16.4. The number of carbonyl (C=O) groups is 2. The number of nitrogen functional groups attached to an aromatic ring is 1. The topological polar surface area (TPSA) is 91.6 Å². The van der Waals surface area contributed by atoms with E-state index < -0.39 is 0 Å². The number of nitrogens with two attached hydrogens (primary N) is 1. The minimum atomic E-state index is -0.0902. The summed E-state index contributed by atoms with van der Waals surface area (Å²) in [4.78, 5) is 31.1. The van der Waals surface area contributed by atoms with Crippen LogP contribution in [0.5, 0.6) is 0 Å². The maximum atomic E-state index is 12.1. The SMILES string of the molecule is CNC(=O)CN1CCN(C(=O)c2csc(N)n2)CC1. The monoisotopic (exact) mass is 283 g/mol. The number of thiazole rings is 1. The van der Waals surface area contributed by atoms with Crippen molar-refractivity contribution in [2.24, 2.45) is 0 Å². The van der Waals surface area contributed by atoms with E-state index >= 15 is 0 Å². The Bertz CT molecular complexity index is 467. The van der Waals surface area contributed by atoms with E-state index in [-0.39, 0.29) is 11.8 Å². The van der Waals surface area contributed by atoms with Crippen molar-refractivity contribution >= 4 is 28.3 Å². The summed E-state index contributed by atoms with van der Waals surface area (Å²) < 4.78 is 0. The largest absolute Gasteiger partial charge is 0.375 e. The van der Waals surface area contributed by atoms with E-state index in [9.17, 15) is 9.59 Å². The zero-order valence-electron chi connectivity index (χ0n) is 10.8. The highest BCUT2D eigenvalue weighted by molar-refractivity contribution is 7.13. The van der Waals surface area contributed by atoms with Crippen LogP contribution in [0, 0.1) is 0 Å². The third-order valence-electron chi connectivity index (χ3n) is 3.05. The molecule has 0 bridgehead atoms. The summed E-state index contributed by atoms with van der Waals surface area (Å²) >= 11 is 1.26. The molecule has 0 spiro atoms. The smallest absolute Gasteiger partial charge is 0.273 e. The van der Waals surface area contributed by atoms with Gasteiger partial charge in [-0.3, -0.25) is 14.5 Å². The first-order valence-electron chi connectivity index (χ1n) is 6.03. The summed E-state index contributed by atoms with van der Waals surface area (Å²) in [6, 6.07) is 0. The standard InChI is InChI=1S/C11H17N5O2S/c1-13-9(17)6-15-2-4-16(5-3-15)10(18)8-7-19-11(12)14-8/h7H,2-6H2,1H3,(H2,12,14)(H,13,17). The average molecular weight is 283 g/mol. The lowest BCUT2D eigenvalue weighted by molar-refractivity contribution is -0.122. The van der Waals surface area contributed by atoms with Gasteiger partial charge in [0.25, 0.3) is 5.91 Å².